The van der Waals surface area contributed by atoms with Gasteiger partial charge in [0, 0.05) is 17.7 Å². The minimum atomic E-state index is -3.63. The van der Waals surface area contributed by atoms with Gasteiger partial charge in [0.05, 0.1) is 12.8 Å². The number of sulfonamides is 1. The molecule has 0 spiro atoms. The lowest BCUT2D eigenvalue weighted by Crippen LogP contribution is -2.34. The summed E-state index contributed by atoms with van der Waals surface area (Å²) in [6, 6.07) is 6.73. The second-order valence-corrected chi connectivity index (χ2v) is 8.19. The lowest BCUT2D eigenvalue weighted by molar-refractivity contribution is 0.400. The van der Waals surface area contributed by atoms with E-state index in [2.05, 4.69) is 9.88 Å². The molecule has 1 fully saturated rings. The summed E-state index contributed by atoms with van der Waals surface area (Å²) in [6.45, 7) is 1.83. The van der Waals surface area contributed by atoms with Crippen LogP contribution in [0.4, 0.5) is 0 Å². The number of nitrogens with zero attached hydrogens (tertiary/aromatic N) is 1. The van der Waals surface area contributed by atoms with E-state index in [1.54, 1.807) is 24.3 Å². The number of nitrogens with one attached hydrogen (secondary N) is 1. The Balaban J connectivity index is 1.87. The molecule has 7 heteroatoms. The Morgan fingerprint density at radius 3 is 2.48 bits per heavy atom. The third kappa shape index (κ3) is 4.22. The lowest BCUT2D eigenvalue weighted by Gasteiger charge is -2.18. The molecule has 0 unspecified atom stereocenters. The van der Waals surface area contributed by atoms with E-state index in [0.29, 0.717) is 11.5 Å². The summed E-state index contributed by atoms with van der Waals surface area (Å²) in [7, 11) is -2.17. The van der Waals surface area contributed by atoms with Gasteiger partial charge in [0.15, 0.2) is 5.76 Å². The molecule has 1 aromatic carbocycles. The summed E-state index contributed by atoms with van der Waals surface area (Å²) >= 11 is 0. The van der Waals surface area contributed by atoms with Crippen LogP contribution in [-0.2, 0) is 10.0 Å². The van der Waals surface area contributed by atoms with Gasteiger partial charge in [-0.25, -0.2) is 13.1 Å². The van der Waals surface area contributed by atoms with Gasteiger partial charge >= 0.3 is 0 Å². The zero-order valence-electron chi connectivity index (χ0n) is 14.6. The topological polar surface area (TPSA) is 81.4 Å². The van der Waals surface area contributed by atoms with Crippen LogP contribution in [-0.4, -0.2) is 26.7 Å². The fourth-order valence-corrected chi connectivity index (χ4v) is 4.68. The number of hydrogen-bond donors (Lipinski definition) is 1. The molecule has 1 heterocycles. The fourth-order valence-electron chi connectivity index (χ4n) is 3.22. The molecule has 0 radical (unpaired) electrons. The normalized spacial score (nSPS) is 16.6. The van der Waals surface area contributed by atoms with Crippen molar-refractivity contribution in [1.29, 1.82) is 0 Å². The predicted octanol–water partition coefficient (Wildman–Crippen LogP) is 3.66. The molecule has 0 bridgehead atoms. The minimum Gasteiger partial charge on any atom is -0.495 e. The molecule has 6 nitrogen and oxygen atoms in total. The molecular formula is C18H24N2O4S. The van der Waals surface area contributed by atoms with Crippen molar-refractivity contribution < 1.29 is 17.7 Å². The van der Waals surface area contributed by atoms with Gasteiger partial charge in [-0.1, -0.05) is 30.8 Å². The third-order valence-corrected chi connectivity index (χ3v) is 6.10. The number of benzene rings is 1. The van der Waals surface area contributed by atoms with Gasteiger partial charge in [-0.3, -0.25) is 0 Å². The summed E-state index contributed by atoms with van der Waals surface area (Å²) < 4.78 is 39.1. The van der Waals surface area contributed by atoms with Crippen LogP contribution in [0.15, 0.2) is 33.7 Å². The van der Waals surface area contributed by atoms with Crippen molar-refractivity contribution in [3.8, 4) is 17.1 Å². The summed E-state index contributed by atoms with van der Waals surface area (Å²) in [4.78, 5) is 0.152. The summed E-state index contributed by atoms with van der Waals surface area (Å²) in [5.74, 6) is 0.879. The predicted molar refractivity (Wildman–Crippen MR) is 95.0 cm³/mol. The second-order valence-electron chi connectivity index (χ2n) is 6.51. The van der Waals surface area contributed by atoms with Crippen LogP contribution in [0, 0.1) is 6.92 Å². The van der Waals surface area contributed by atoms with E-state index in [1.807, 2.05) is 6.92 Å². The number of hydrogen-bond acceptors (Lipinski definition) is 5. The Bertz CT molecular complexity index is 821. The average Bonchev–Trinajstić information content (AvgIpc) is 2.87. The van der Waals surface area contributed by atoms with Gasteiger partial charge in [-0.15, -0.1) is 0 Å². The molecule has 3 rings (SSSR count). The number of methoxy groups -OCH3 is 1. The fraction of sp³-hybridized carbons (Fsp3) is 0.500. The smallest absolute Gasteiger partial charge is 0.244 e. The standard InChI is InChI=1S/C18H24N2O4S/c1-13-11-16(24-19-13)14-9-10-18(17(12-14)23-2)25(21,22)20-15-7-5-3-4-6-8-15/h9-12,15,20H,3-8H2,1-2H3. The first-order valence-electron chi connectivity index (χ1n) is 8.63. The van der Waals surface area contributed by atoms with Crippen LogP contribution >= 0.6 is 0 Å². The van der Waals surface area contributed by atoms with E-state index in [-0.39, 0.29) is 10.9 Å². The van der Waals surface area contributed by atoms with Crippen LogP contribution < -0.4 is 9.46 Å². The van der Waals surface area contributed by atoms with Crippen LogP contribution in [0.1, 0.15) is 44.2 Å². The summed E-state index contributed by atoms with van der Waals surface area (Å²) in [5.41, 5.74) is 1.49. The van der Waals surface area contributed by atoms with Crippen LogP contribution in [0.25, 0.3) is 11.3 Å². The molecule has 0 aliphatic heterocycles. The van der Waals surface area contributed by atoms with E-state index >= 15 is 0 Å². The van der Waals surface area contributed by atoms with Crippen molar-refractivity contribution >= 4 is 10.0 Å². The molecule has 1 aromatic heterocycles. The van der Waals surface area contributed by atoms with E-state index in [0.717, 1.165) is 36.9 Å². The van der Waals surface area contributed by atoms with Gasteiger partial charge in [0.1, 0.15) is 10.6 Å². The Kier molecular flexibility index (Phi) is 5.44. The number of aryl methyl sites for hydroxylation is 1. The van der Waals surface area contributed by atoms with Crippen LogP contribution in [0.2, 0.25) is 0 Å². The monoisotopic (exact) mass is 364 g/mol. The number of ether oxygens (including phenoxy) is 1. The number of aromatic nitrogens is 1. The zero-order chi connectivity index (χ0) is 17.9. The molecule has 2 aromatic rings. The average molecular weight is 364 g/mol. The molecular weight excluding hydrogens is 340 g/mol. The molecule has 1 aliphatic rings. The largest absolute Gasteiger partial charge is 0.495 e. The van der Waals surface area contributed by atoms with Crippen LogP contribution in [0.3, 0.4) is 0 Å². The second kappa shape index (κ2) is 7.58. The first-order valence-corrected chi connectivity index (χ1v) is 10.1. The highest BCUT2D eigenvalue weighted by Crippen LogP contribution is 2.31. The Hall–Kier alpha value is -1.86. The highest BCUT2D eigenvalue weighted by molar-refractivity contribution is 7.89. The van der Waals surface area contributed by atoms with Gasteiger partial charge in [0.25, 0.3) is 0 Å². The maximum atomic E-state index is 12.8. The highest BCUT2D eigenvalue weighted by atomic mass is 32.2. The van der Waals surface area contributed by atoms with Gasteiger partial charge in [-0.2, -0.15) is 0 Å². The molecule has 0 atom stereocenters. The van der Waals surface area contributed by atoms with Crippen molar-refractivity contribution in [2.75, 3.05) is 7.11 Å². The molecule has 1 N–H and O–H groups in total. The van der Waals surface area contributed by atoms with Crippen molar-refractivity contribution in [3.63, 3.8) is 0 Å². The molecule has 25 heavy (non-hydrogen) atoms. The van der Waals surface area contributed by atoms with E-state index in [9.17, 15) is 8.42 Å². The highest BCUT2D eigenvalue weighted by Gasteiger charge is 2.25. The van der Waals surface area contributed by atoms with Crippen LogP contribution in [0.5, 0.6) is 5.75 Å². The maximum absolute atomic E-state index is 12.8. The Morgan fingerprint density at radius 2 is 1.88 bits per heavy atom. The summed E-state index contributed by atoms with van der Waals surface area (Å²) in [6.07, 6.45) is 6.25. The Morgan fingerprint density at radius 1 is 1.16 bits per heavy atom. The Labute approximate surface area is 148 Å². The van der Waals surface area contributed by atoms with E-state index in [4.69, 9.17) is 9.26 Å². The lowest BCUT2D eigenvalue weighted by atomic mass is 10.1. The van der Waals surface area contributed by atoms with Crippen molar-refractivity contribution in [1.82, 2.24) is 9.88 Å². The SMILES string of the molecule is COc1cc(-c2cc(C)no2)ccc1S(=O)(=O)NC1CCCCCC1. The molecule has 136 valence electrons. The van der Waals surface area contributed by atoms with Gasteiger partial charge < -0.3 is 9.26 Å². The molecule has 0 amide bonds. The van der Waals surface area contributed by atoms with Gasteiger partial charge in [0.2, 0.25) is 10.0 Å². The van der Waals surface area contributed by atoms with Crippen molar-refractivity contribution in [2.24, 2.45) is 0 Å². The van der Waals surface area contributed by atoms with E-state index < -0.39 is 10.0 Å². The number of rotatable bonds is 5. The van der Waals surface area contributed by atoms with Crippen molar-refractivity contribution in [2.45, 2.75) is 56.4 Å². The minimum absolute atomic E-state index is 0.00574. The quantitative estimate of drug-likeness (QED) is 0.819. The van der Waals surface area contributed by atoms with Gasteiger partial charge in [-0.05, 0) is 38.0 Å². The first-order chi connectivity index (χ1) is 12.0. The third-order valence-electron chi connectivity index (χ3n) is 4.54. The zero-order valence-corrected chi connectivity index (χ0v) is 15.4. The molecule has 1 aliphatic carbocycles. The summed E-state index contributed by atoms with van der Waals surface area (Å²) in [5, 5.41) is 3.86. The van der Waals surface area contributed by atoms with E-state index in [1.165, 1.54) is 20.0 Å². The molecule has 1 saturated carbocycles. The first kappa shape index (κ1) is 17.9. The molecule has 0 saturated heterocycles. The van der Waals surface area contributed by atoms with Crippen molar-refractivity contribution in [3.05, 3.63) is 30.0 Å². The maximum Gasteiger partial charge on any atom is 0.244 e.